The second-order valence-corrected chi connectivity index (χ2v) is 4.99. The zero-order chi connectivity index (χ0) is 13.0. The Bertz CT molecular complexity index is 545. The number of alkyl halides is 1. The fourth-order valence-corrected chi connectivity index (χ4v) is 2.18. The maximum absolute atomic E-state index is 13.5. The molecule has 0 amide bonds. The summed E-state index contributed by atoms with van der Waals surface area (Å²) in [5.41, 5.74) is 1.50. The van der Waals surface area contributed by atoms with E-state index in [0.717, 1.165) is 10.0 Å². The predicted molar refractivity (Wildman–Crippen MR) is 74.4 cm³/mol. The second kappa shape index (κ2) is 6.21. The van der Waals surface area contributed by atoms with Crippen molar-refractivity contribution in [1.29, 1.82) is 0 Å². The lowest BCUT2D eigenvalue weighted by molar-refractivity contribution is 0.304. The smallest absolute Gasteiger partial charge is 0.131 e. The highest BCUT2D eigenvalue weighted by Gasteiger charge is 2.03. The molecule has 4 heteroatoms. The molecule has 0 radical (unpaired) electrons. The van der Waals surface area contributed by atoms with E-state index in [2.05, 4.69) is 15.9 Å². The Morgan fingerprint density at radius 3 is 2.67 bits per heavy atom. The van der Waals surface area contributed by atoms with Gasteiger partial charge in [-0.05, 0) is 23.8 Å². The molecule has 0 heterocycles. The van der Waals surface area contributed by atoms with Gasteiger partial charge in [-0.25, -0.2) is 4.39 Å². The molecule has 2 aromatic rings. The highest BCUT2D eigenvalue weighted by Crippen LogP contribution is 2.20. The third-order valence-electron chi connectivity index (χ3n) is 2.46. The largest absolute Gasteiger partial charge is 0.489 e. The van der Waals surface area contributed by atoms with E-state index in [4.69, 9.17) is 16.3 Å². The zero-order valence-electron chi connectivity index (χ0n) is 9.50. The van der Waals surface area contributed by atoms with Crippen molar-refractivity contribution in [2.45, 2.75) is 12.5 Å². The molecule has 0 saturated carbocycles. The van der Waals surface area contributed by atoms with E-state index in [1.165, 1.54) is 6.07 Å². The molecule has 94 valence electrons. The molecule has 0 bridgehead atoms. The molecule has 18 heavy (non-hydrogen) atoms. The Balaban J connectivity index is 2.04. The van der Waals surface area contributed by atoms with Crippen LogP contribution in [-0.4, -0.2) is 0 Å². The van der Waals surface area contributed by atoms with Gasteiger partial charge in [0.25, 0.3) is 0 Å². The van der Waals surface area contributed by atoms with Crippen LogP contribution < -0.4 is 4.74 Å². The molecule has 0 aliphatic rings. The van der Waals surface area contributed by atoms with Gasteiger partial charge in [-0.15, -0.1) is 11.6 Å². The minimum Gasteiger partial charge on any atom is -0.489 e. The molecule has 0 aliphatic carbocycles. The summed E-state index contributed by atoms with van der Waals surface area (Å²) in [6.07, 6.45) is 0. The van der Waals surface area contributed by atoms with Gasteiger partial charge in [-0.2, -0.15) is 0 Å². The maximum Gasteiger partial charge on any atom is 0.131 e. The van der Waals surface area contributed by atoms with Crippen molar-refractivity contribution in [3.63, 3.8) is 0 Å². The third-order valence-corrected chi connectivity index (χ3v) is 3.24. The van der Waals surface area contributed by atoms with Gasteiger partial charge in [0.1, 0.15) is 18.2 Å². The molecule has 0 fully saturated rings. The Morgan fingerprint density at radius 2 is 2.00 bits per heavy atom. The molecule has 0 unspecified atom stereocenters. The maximum atomic E-state index is 13.5. The summed E-state index contributed by atoms with van der Waals surface area (Å²) in [6, 6.07) is 12.5. The van der Waals surface area contributed by atoms with Crippen molar-refractivity contribution in [1.82, 2.24) is 0 Å². The topological polar surface area (TPSA) is 9.23 Å². The molecule has 2 rings (SSSR count). The lowest BCUT2D eigenvalue weighted by Crippen LogP contribution is -1.96. The quantitative estimate of drug-likeness (QED) is 0.725. The normalized spacial score (nSPS) is 10.4. The van der Waals surface area contributed by atoms with Gasteiger partial charge in [0, 0.05) is 16.1 Å². The Labute approximate surface area is 119 Å². The second-order valence-electron chi connectivity index (χ2n) is 3.81. The summed E-state index contributed by atoms with van der Waals surface area (Å²) in [4.78, 5) is 0. The van der Waals surface area contributed by atoms with E-state index in [0.29, 0.717) is 17.9 Å². The first-order valence-corrected chi connectivity index (χ1v) is 6.73. The van der Waals surface area contributed by atoms with Crippen molar-refractivity contribution < 1.29 is 9.13 Å². The van der Waals surface area contributed by atoms with Gasteiger partial charge in [-0.1, -0.05) is 34.1 Å². The summed E-state index contributed by atoms with van der Waals surface area (Å²) >= 11 is 8.98. The number of hydrogen-bond acceptors (Lipinski definition) is 1. The van der Waals surface area contributed by atoms with Gasteiger partial charge in [-0.3, -0.25) is 0 Å². The van der Waals surface area contributed by atoms with Crippen LogP contribution in [0, 0.1) is 5.82 Å². The van der Waals surface area contributed by atoms with E-state index < -0.39 is 0 Å². The third kappa shape index (κ3) is 3.47. The van der Waals surface area contributed by atoms with Crippen LogP contribution in [0.25, 0.3) is 0 Å². The first-order chi connectivity index (χ1) is 8.69. The molecule has 0 saturated heterocycles. The first-order valence-electron chi connectivity index (χ1n) is 5.40. The Morgan fingerprint density at radius 1 is 1.17 bits per heavy atom. The van der Waals surface area contributed by atoms with Gasteiger partial charge < -0.3 is 4.74 Å². The first kappa shape index (κ1) is 13.4. The van der Waals surface area contributed by atoms with Crippen molar-refractivity contribution in [3.8, 4) is 5.75 Å². The Hall–Kier alpha value is -1.06. The molecule has 0 aliphatic heterocycles. The molecule has 0 spiro atoms. The number of hydrogen-bond donors (Lipinski definition) is 0. The van der Waals surface area contributed by atoms with E-state index in [1.54, 1.807) is 12.1 Å². The number of halogens is 3. The molecule has 0 atom stereocenters. The number of ether oxygens (including phenoxy) is 1. The van der Waals surface area contributed by atoms with E-state index in [9.17, 15) is 4.39 Å². The minimum atomic E-state index is -0.336. The molecular weight excluding hydrogens is 319 g/mol. The van der Waals surface area contributed by atoms with Crippen LogP contribution in [0.15, 0.2) is 46.9 Å². The summed E-state index contributed by atoms with van der Waals surface area (Å²) in [5, 5.41) is 0. The summed E-state index contributed by atoms with van der Waals surface area (Å²) in [6.45, 7) is 0.402. The number of rotatable bonds is 4. The van der Waals surface area contributed by atoms with Crippen molar-refractivity contribution in [2.24, 2.45) is 0 Å². The van der Waals surface area contributed by atoms with Crippen LogP contribution in [0.5, 0.6) is 5.75 Å². The molecule has 0 aromatic heterocycles. The summed E-state index contributed by atoms with van der Waals surface area (Å²) in [7, 11) is 0. The van der Waals surface area contributed by atoms with Gasteiger partial charge in [0.05, 0.1) is 5.88 Å². The van der Waals surface area contributed by atoms with Gasteiger partial charge in [0.2, 0.25) is 0 Å². The minimum absolute atomic E-state index is 0.164. The van der Waals surface area contributed by atoms with Gasteiger partial charge >= 0.3 is 0 Å². The lowest BCUT2D eigenvalue weighted by Gasteiger charge is -2.08. The van der Waals surface area contributed by atoms with Gasteiger partial charge in [0.15, 0.2) is 0 Å². The SMILES string of the molecule is Fc1cc(OCc2cccc(Br)c2)ccc1CCl. The van der Waals surface area contributed by atoms with E-state index in [-0.39, 0.29) is 11.7 Å². The average Bonchev–Trinajstić information content (AvgIpc) is 2.37. The van der Waals surface area contributed by atoms with E-state index in [1.807, 2.05) is 24.3 Å². The molecular formula is C14H11BrClFO. The fraction of sp³-hybridized carbons (Fsp3) is 0.143. The average molecular weight is 330 g/mol. The summed E-state index contributed by atoms with van der Waals surface area (Å²) in [5.74, 6) is 0.329. The standard InChI is InChI=1S/C14H11BrClFO/c15-12-3-1-2-10(6-12)9-18-13-5-4-11(8-16)14(17)7-13/h1-7H,8-9H2. The Kier molecular flexibility index (Phi) is 4.61. The van der Waals surface area contributed by atoms with Crippen molar-refractivity contribution in [2.75, 3.05) is 0 Å². The molecule has 2 aromatic carbocycles. The van der Waals surface area contributed by atoms with Crippen LogP contribution in [0.1, 0.15) is 11.1 Å². The van der Waals surface area contributed by atoms with Crippen LogP contribution in [0.4, 0.5) is 4.39 Å². The van der Waals surface area contributed by atoms with Crippen molar-refractivity contribution in [3.05, 3.63) is 63.9 Å². The zero-order valence-corrected chi connectivity index (χ0v) is 11.8. The van der Waals surface area contributed by atoms with Crippen LogP contribution in [0.3, 0.4) is 0 Å². The highest BCUT2D eigenvalue weighted by molar-refractivity contribution is 9.10. The number of benzene rings is 2. The van der Waals surface area contributed by atoms with Crippen LogP contribution in [0.2, 0.25) is 0 Å². The summed E-state index contributed by atoms with van der Waals surface area (Å²) < 4.78 is 20.0. The van der Waals surface area contributed by atoms with E-state index >= 15 is 0 Å². The monoisotopic (exact) mass is 328 g/mol. The van der Waals surface area contributed by atoms with Crippen LogP contribution in [-0.2, 0) is 12.5 Å². The molecule has 0 N–H and O–H groups in total. The fourth-order valence-electron chi connectivity index (χ4n) is 1.52. The highest BCUT2D eigenvalue weighted by atomic mass is 79.9. The van der Waals surface area contributed by atoms with Crippen LogP contribution >= 0.6 is 27.5 Å². The predicted octanol–water partition coefficient (Wildman–Crippen LogP) is 4.91. The lowest BCUT2D eigenvalue weighted by atomic mass is 10.2. The molecule has 1 nitrogen and oxygen atoms in total. The van der Waals surface area contributed by atoms with Crippen molar-refractivity contribution >= 4 is 27.5 Å².